The molecule has 2 heterocycles. The van der Waals surface area contributed by atoms with Gasteiger partial charge in [0.15, 0.2) is 0 Å². The van der Waals surface area contributed by atoms with Crippen LogP contribution in [0.2, 0.25) is 0 Å². The van der Waals surface area contributed by atoms with E-state index in [1.54, 1.807) is 34.2 Å². The summed E-state index contributed by atoms with van der Waals surface area (Å²) in [6.07, 6.45) is 1.80. The molecule has 0 aliphatic heterocycles. The maximum atomic E-state index is 11.5. The Balaban J connectivity index is 2.31. The van der Waals surface area contributed by atoms with Crippen molar-refractivity contribution in [1.29, 1.82) is 0 Å². The van der Waals surface area contributed by atoms with Gasteiger partial charge in [-0.1, -0.05) is 0 Å². The first-order valence-electron chi connectivity index (χ1n) is 4.25. The Morgan fingerprint density at radius 2 is 2.00 bits per heavy atom. The molecule has 0 saturated heterocycles. The maximum absolute atomic E-state index is 11.5. The topological polar surface area (TPSA) is 22.0 Å². The number of pyridine rings is 1. The van der Waals surface area contributed by atoms with Gasteiger partial charge in [-0.2, -0.15) is 0 Å². The molecule has 0 fully saturated rings. The second-order valence-corrected chi connectivity index (χ2v) is 6.48. The Bertz CT molecular complexity index is 532. The molecule has 0 aromatic carbocycles. The number of aromatic nitrogens is 1. The van der Waals surface area contributed by atoms with Crippen molar-refractivity contribution in [2.45, 2.75) is 6.54 Å². The van der Waals surface area contributed by atoms with Gasteiger partial charge >= 0.3 is 0 Å². The minimum atomic E-state index is 0.0164. The first-order chi connectivity index (χ1) is 7.15. The minimum Gasteiger partial charge on any atom is -0.309 e. The largest absolute Gasteiger partial charge is 0.309 e. The lowest BCUT2D eigenvalue weighted by molar-refractivity contribution is 0.766. The summed E-state index contributed by atoms with van der Waals surface area (Å²) in [6, 6.07) is 7.32. The molecule has 2 aromatic rings. The fourth-order valence-electron chi connectivity index (χ4n) is 1.23. The van der Waals surface area contributed by atoms with E-state index in [9.17, 15) is 4.79 Å². The second kappa shape index (κ2) is 4.63. The van der Waals surface area contributed by atoms with Gasteiger partial charge in [0.05, 0.1) is 10.3 Å². The number of hydrogen-bond acceptors (Lipinski definition) is 2. The first-order valence-corrected chi connectivity index (χ1v) is 6.65. The number of rotatable bonds is 2. The van der Waals surface area contributed by atoms with Crippen LogP contribution in [0.3, 0.4) is 0 Å². The van der Waals surface area contributed by atoms with Crippen molar-refractivity contribution in [2.75, 3.05) is 0 Å². The van der Waals surface area contributed by atoms with Crippen LogP contribution in [0.4, 0.5) is 0 Å². The Morgan fingerprint density at radius 1 is 1.20 bits per heavy atom. The van der Waals surface area contributed by atoms with Crippen molar-refractivity contribution in [3.8, 4) is 0 Å². The van der Waals surface area contributed by atoms with Crippen molar-refractivity contribution < 1.29 is 0 Å². The maximum Gasteiger partial charge on any atom is 0.250 e. The molecule has 15 heavy (non-hydrogen) atoms. The third kappa shape index (κ3) is 2.80. The summed E-state index contributed by atoms with van der Waals surface area (Å²) in [5.74, 6) is 0. The molecular formula is C10H7Br2NOS. The lowest BCUT2D eigenvalue weighted by Crippen LogP contribution is -2.18. The molecule has 0 unspecified atom stereocenters. The molecule has 0 N–H and O–H groups in total. The summed E-state index contributed by atoms with van der Waals surface area (Å²) in [6.45, 7) is 0.620. The van der Waals surface area contributed by atoms with Crippen molar-refractivity contribution >= 4 is 43.2 Å². The van der Waals surface area contributed by atoms with Gasteiger partial charge in [0, 0.05) is 21.6 Å². The van der Waals surface area contributed by atoms with E-state index in [0.29, 0.717) is 6.54 Å². The van der Waals surface area contributed by atoms with E-state index in [0.717, 1.165) is 13.1 Å². The van der Waals surface area contributed by atoms with E-state index in [1.165, 1.54) is 0 Å². The Hall–Kier alpha value is -0.390. The molecule has 0 spiro atoms. The van der Waals surface area contributed by atoms with E-state index < -0.39 is 0 Å². The van der Waals surface area contributed by atoms with Crippen molar-refractivity contribution in [3.05, 3.63) is 54.0 Å². The highest BCUT2D eigenvalue weighted by Gasteiger charge is 2.01. The monoisotopic (exact) mass is 347 g/mol. The van der Waals surface area contributed by atoms with Crippen LogP contribution in [-0.4, -0.2) is 4.57 Å². The van der Waals surface area contributed by atoms with Crippen molar-refractivity contribution in [3.63, 3.8) is 0 Å². The number of nitrogens with zero attached hydrogens (tertiary/aromatic N) is 1. The van der Waals surface area contributed by atoms with Crippen LogP contribution in [0.5, 0.6) is 0 Å². The van der Waals surface area contributed by atoms with Crippen LogP contribution in [0, 0.1) is 0 Å². The summed E-state index contributed by atoms with van der Waals surface area (Å²) in [5.41, 5.74) is 0.0164. The fraction of sp³-hybridized carbons (Fsp3) is 0.100. The first kappa shape index (κ1) is 11.1. The lowest BCUT2D eigenvalue weighted by Gasteiger charge is -2.03. The summed E-state index contributed by atoms with van der Waals surface area (Å²) < 4.78 is 3.68. The van der Waals surface area contributed by atoms with Gasteiger partial charge in [0.2, 0.25) is 0 Å². The van der Waals surface area contributed by atoms with Gasteiger partial charge in [-0.15, -0.1) is 11.3 Å². The third-order valence-corrected chi connectivity index (χ3v) is 3.98. The second-order valence-electron chi connectivity index (χ2n) is 3.02. The minimum absolute atomic E-state index is 0.0164. The summed E-state index contributed by atoms with van der Waals surface area (Å²) >= 11 is 8.39. The molecule has 5 heteroatoms. The molecule has 2 aromatic heterocycles. The molecule has 0 radical (unpaired) electrons. The smallest absolute Gasteiger partial charge is 0.250 e. The highest BCUT2D eigenvalue weighted by atomic mass is 79.9. The average molecular weight is 349 g/mol. The Morgan fingerprint density at radius 3 is 2.67 bits per heavy atom. The SMILES string of the molecule is O=c1ccc(Br)cn1Cc1ccc(Br)s1. The molecule has 0 aliphatic carbocycles. The predicted molar refractivity (Wildman–Crippen MR) is 69.5 cm³/mol. The van der Waals surface area contributed by atoms with Crippen LogP contribution in [0.15, 0.2) is 43.5 Å². The van der Waals surface area contributed by atoms with Gasteiger partial charge in [0.1, 0.15) is 0 Å². The highest BCUT2D eigenvalue weighted by Crippen LogP contribution is 2.22. The summed E-state index contributed by atoms with van der Waals surface area (Å²) in [7, 11) is 0. The lowest BCUT2D eigenvalue weighted by atomic mass is 10.4. The molecule has 0 saturated carbocycles. The standard InChI is InChI=1S/C10H7Br2NOS/c11-7-1-4-10(14)13(5-7)6-8-2-3-9(12)15-8/h1-5H,6H2. The quantitative estimate of drug-likeness (QED) is 0.814. The molecule has 0 atom stereocenters. The fourth-order valence-corrected chi connectivity index (χ4v) is 3.09. The number of halogens is 2. The van der Waals surface area contributed by atoms with Crippen LogP contribution < -0.4 is 5.56 Å². The van der Waals surface area contributed by atoms with Gasteiger partial charge in [-0.05, 0) is 50.1 Å². The van der Waals surface area contributed by atoms with E-state index in [4.69, 9.17) is 0 Å². The van der Waals surface area contributed by atoms with E-state index in [-0.39, 0.29) is 5.56 Å². The summed E-state index contributed by atoms with van der Waals surface area (Å²) in [5, 5.41) is 0. The van der Waals surface area contributed by atoms with Gasteiger partial charge in [-0.25, -0.2) is 0 Å². The predicted octanol–water partition coefficient (Wildman–Crippen LogP) is 3.48. The van der Waals surface area contributed by atoms with E-state index in [1.807, 2.05) is 12.1 Å². The van der Waals surface area contributed by atoms with Crippen molar-refractivity contribution in [2.24, 2.45) is 0 Å². The highest BCUT2D eigenvalue weighted by molar-refractivity contribution is 9.11. The van der Waals surface area contributed by atoms with Gasteiger partial charge < -0.3 is 4.57 Å². The zero-order valence-corrected chi connectivity index (χ0v) is 11.6. The molecule has 78 valence electrons. The zero-order chi connectivity index (χ0) is 10.8. The van der Waals surface area contributed by atoms with Crippen LogP contribution >= 0.6 is 43.2 Å². The molecule has 0 bridgehead atoms. The molecule has 0 amide bonds. The average Bonchev–Trinajstić information content (AvgIpc) is 2.58. The third-order valence-electron chi connectivity index (χ3n) is 1.90. The normalized spacial score (nSPS) is 10.5. The van der Waals surface area contributed by atoms with Gasteiger partial charge in [0.25, 0.3) is 5.56 Å². The van der Waals surface area contributed by atoms with Gasteiger partial charge in [-0.3, -0.25) is 4.79 Å². The van der Waals surface area contributed by atoms with E-state index in [2.05, 4.69) is 31.9 Å². The number of hydrogen-bond donors (Lipinski definition) is 0. The molecule has 2 rings (SSSR count). The van der Waals surface area contributed by atoms with E-state index >= 15 is 0 Å². The molecular weight excluding hydrogens is 342 g/mol. The Labute approximate surface area is 108 Å². The van der Waals surface area contributed by atoms with Crippen molar-refractivity contribution in [1.82, 2.24) is 4.57 Å². The van der Waals surface area contributed by atoms with Crippen LogP contribution in [0.25, 0.3) is 0 Å². The van der Waals surface area contributed by atoms with Crippen LogP contribution in [0.1, 0.15) is 4.88 Å². The molecule has 2 nitrogen and oxygen atoms in total. The molecule has 0 aliphatic rings. The Kier molecular flexibility index (Phi) is 3.43. The zero-order valence-electron chi connectivity index (χ0n) is 7.61. The number of thiophene rings is 1. The summed E-state index contributed by atoms with van der Waals surface area (Å²) in [4.78, 5) is 12.7. The van der Waals surface area contributed by atoms with Crippen LogP contribution in [-0.2, 0) is 6.54 Å².